The van der Waals surface area contributed by atoms with Gasteiger partial charge in [0.05, 0.1) is 37.8 Å². The van der Waals surface area contributed by atoms with E-state index < -0.39 is 22.5 Å². The molecule has 0 spiro atoms. The second kappa shape index (κ2) is 9.11. The van der Waals surface area contributed by atoms with E-state index in [2.05, 4.69) is 10.6 Å². The van der Waals surface area contributed by atoms with Crippen LogP contribution in [0.15, 0.2) is 36.4 Å². The van der Waals surface area contributed by atoms with Gasteiger partial charge >= 0.3 is 6.03 Å². The van der Waals surface area contributed by atoms with Crippen LogP contribution in [0.2, 0.25) is 0 Å². The molecule has 162 valence electrons. The molecule has 0 unspecified atom stereocenters. The summed E-state index contributed by atoms with van der Waals surface area (Å²) in [5.41, 5.74) is 0.308. The molecule has 0 atom stereocenters. The van der Waals surface area contributed by atoms with E-state index in [0.29, 0.717) is 11.3 Å². The molecule has 0 bridgehead atoms. The minimum Gasteiger partial charge on any atom is -0.493 e. The maximum absolute atomic E-state index is 12.8. The van der Waals surface area contributed by atoms with Gasteiger partial charge < -0.3 is 20.1 Å². The number of hydrogen-bond donors (Lipinski definition) is 2. The van der Waals surface area contributed by atoms with Crippen LogP contribution in [0.3, 0.4) is 0 Å². The third kappa shape index (κ3) is 4.71. The predicted molar refractivity (Wildman–Crippen MR) is 109 cm³/mol. The Labute approximate surface area is 177 Å². The van der Waals surface area contributed by atoms with E-state index in [1.807, 2.05) is 0 Å². The average molecular weight is 428 g/mol. The van der Waals surface area contributed by atoms with E-state index in [1.54, 1.807) is 31.2 Å². The van der Waals surface area contributed by atoms with E-state index >= 15 is 0 Å². The minimum absolute atomic E-state index is 0.0333. The van der Waals surface area contributed by atoms with E-state index in [0.717, 1.165) is 11.0 Å². The number of nitro benzene ring substituents is 1. The van der Waals surface area contributed by atoms with Crippen molar-refractivity contribution in [3.05, 3.63) is 57.6 Å². The molecule has 4 amide bonds. The predicted octanol–water partition coefficient (Wildman–Crippen LogP) is 2.31. The summed E-state index contributed by atoms with van der Waals surface area (Å²) in [5, 5.41) is 16.5. The highest BCUT2D eigenvalue weighted by Gasteiger charge is 2.28. The second-order valence-corrected chi connectivity index (χ2v) is 6.50. The fourth-order valence-corrected chi connectivity index (χ4v) is 3.05. The van der Waals surface area contributed by atoms with Crippen molar-refractivity contribution in [2.45, 2.75) is 13.5 Å². The number of imide groups is 1. The number of benzene rings is 2. The Kier molecular flexibility index (Phi) is 6.34. The molecule has 11 nitrogen and oxygen atoms in total. The molecule has 2 aromatic rings. The lowest BCUT2D eigenvalue weighted by Crippen LogP contribution is -2.30. The van der Waals surface area contributed by atoms with Crippen LogP contribution in [0.1, 0.15) is 22.8 Å². The Morgan fingerprint density at radius 1 is 1.26 bits per heavy atom. The highest BCUT2D eigenvalue weighted by atomic mass is 16.6. The zero-order valence-electron chi connectivity index (χ0n) is 16.8. The van der Waals surface area contributed by atoms with Crippen LogP contribution in [0, 0.1) is 10.1 Å². The largest absolute Gasteiger partial charge is 0.493 e. The summed E-state index contributed by atoms with van der Waals surface area (Å²) in [4.78, 5) is 48.1. The molecule has 1 aliphatic heterocycles. The van der Waals surface area contributed by atoms with Crippen LogP contribution in [0.5, 0.6) is 11.5 Å². The molecule has 2 aromatic carbocycles. The summed E-state index contributed by atoms with van der Waals surface area (Å²) in [6.45, 7) is 1.99. The standard InChI is InChI=1S/C20H20N4O7/c1-3-31-17-8-14(15(24(28)29)9-16(17)30-2)19(26)22-13-6-4-5-12(7-13)11-23-18(25)10-21-20(23)27/h4-9H,3,10-11H2,1-2H3,(H,21,27)(H,22,26). The van der Waals surface area contributed by atoms with E-state index in [4.69, 9.17) is 9.47 Å². The molecular weight excluding hydrogens is 408 g/mol. The monoisotopic (exact) mass is 428 g/mol. The van der Waals surface area contributed by atoms with Gasteiger partial charge in [-0.05, 0) is 24.6 Å². The molecule has 2 N–H and O–H groups in total. The Morgan fingerprint density at radius 2 is 2.03 bits per heavy atom. The van der Waals surface area contributed by atoms with Gasteiger partial charge in [0.15, 0.2) is 11.5 Å². The number of hydrogen-bond acceptors (Lipinski definition) is 7. The summed E-state index contributed by atoms with van der Waals surface area (Å²) in [7, 11) is 1.35. The van der Waals surface area contributed by atoms with Crippen molar-refractivity contribution < 1.29 is 28.8 Å². The van der Waals surface area contributed by atoms with Crippen LogP contribution in [0.4, 0.5) is 16.2 Å². The third-order valence-corrected chi connectivity index (χ3v) is 4.49. The lowest BCUT2D eigenvalue weighted by molar-refractivity contribution is -0.385. The molecule has 1 saturated heterocycles. The van der Waals surface area contributed by atoms with Gasteiger partial charge in [0.25, 0.3) is 11.6 Å². The molecule has 0 saturated carbocycles. The van der Waals surface area contributed by atoms with Crippen LogP contribution >= 0.6 is 0 Å². The van der Waals surface area contributed by atoms with Crippen LogP contribution in [0.25, 0.3) is 0 Å². The van der Waals surface area contributed by atoms with Crippen molar-refractivity contribution in [2.24, 2.45) is 0 Å². The number of ether oxygens (including phenoxy) is 2. The molecular formula is C20H20N4O7. The highest BCUT2D eigenvalue weighted by Crippen LogP contribution is 2.35. The average Bonchev–Trinajstić information content (AvgIpc) is 3.05. The van der Waals surface area contributed by atoms with Crippen molar-refractivity contribution >= 4 is 29.2 Å². The van der Waals surface area contributed by atoms with Crippen molar-refractivity contribution in [3.63, 3.8) is 0 Å². The molecule has 0 aromatic heterocycles. The Hall–Kier alpha value is -4.15. The quantitative estimate of drug-likeness (QED) is 0.373. The van der Waals surface area contributed by atoms with Gasteiger partial charge in [-0.3, -0.25) is 24.6 Å². The molecule has 31 heavy (non-hydrogen) atoms. The third-order valence-electron chi connectivity index (χ3n) is 4.49. The summed E-state index contributed by atoms with van der Waals surface area (Å²) < 4.78 is 10.5. The first kappa shape index (κ1) is 21.6. The second-order valence-electron chi connectivity index (χ2n) is 6.50. The number of methoxy groups -OCH3 is 1. The summed E-state index contributed by atoms with van der Waals surface area (Å²) in [6, 6.07) is 8.40. The lowest BCUT2D eigenvalue weighted by Gasteiger charge is -2.14. The van der Waals surface area contributed by atoms with Crippen LogP contribution < -0.4 is 20.1 Å². The Balaban J connectivity index is 1.86. The topological polar surface area (TPSA) is 140 Å². The zero-order valence-corrected chi connectivity index (χ0v) is 16.8. The number of nitro groups is 1. The van der Waals surface area contributed by atoms with Crippen molar-refractivity contribution in [3.8, 4) is 11.5 Å². The fourth-order valence-electron chi connectivity index (χ4n) is 3.05. The van der Waals surface area contributed by atoms with Gasteiger partial charge in [-0.1, -0.05) is 12.1 Å². The molecule has 1 heterocycles. The van der Waals surface area contributed by atoms with Gasteiger partial charge in [-0.15, -0.1) is 0 Å². The number of carbonyl (C=O) groups excluding carboxylic acids is 3. The maximum Gasteiger partial charge on any atom is 0.324 e. The minimum atomic E-state index is -0.720. The molecule has 1 fully saturated rings. The summed E-state index contributed by atoms with van der Waals surface area (Å²) in [6.07, 6.45) is 0. The number of nitrogens with one attached hydrogen (secondary N) is 2. The summed E-state index contributed by atoms with van der Waals surface area (Å²) >= 11 is 0. The van der Waals surface area contributed by atoms with Gasteiger partial charge in [0.2, 0.25) is 5.91 Å². The van der Waals surface area contributed by atoms with Crippen molar-refractivity contribution in [1.29, 1.82) is 0 Å². The Bertz CT molecular complexity index is 1040. The molecule has 0 aliphatic carbocycles. The number of urea groups is 1. The normalized spacial score (nSPS) is 13.0. The first-order valence-electron chi connectivity index (χ1n) is 9.31. The number of rotatable bonds is 8. The lowest BCUT2D eigenvalue weighted by atomic mass is 10.1. The molecule has 3 rings (SSSR count). The first-order chi connectivity index (χ1) is 14.8. The Morgan fingerprint density at radius 3 is 2.65 bits per heavy atom. The number of anilines is 1. The molecule has 1 aliphatic rings. The number of nitrogens with zero attached hydrogens (tertiary/aromatic N) is 2. The van der Waals surface area contributed by atoms with Gasteiger partial charge in [-0.2, -0.15) is 0 Å². The molecule has 11 heteroatoms. The smallest absolute Gasteiger partial charge is 0.324 e. The maximum atomic E-state index is 12.8. The van der Waals surface area contributed by atoms with E-state index in [-0.39, 0.29) is 42.7 Å². The van der Waals surface area contributed by atoms with Gasteiger partial charge in [0.1, 0.15) is 5.56 Å². The number of carbonyl (C=O) groups is 3. The van der Waals surface area contributed by atoms with Gasteiger partial charge in [0, 0.05) is 11.8 Å². The van der Waals surface area contributed by atoms with E-state index in [9.17, 15) is 24.5 Å². The van der Waals surface area contributed by atoms with Crippen molar-refractivity contribution in [2.75, 3.05) is 25.6 Å². The fraction of sp³-hybridized carbons (Fsp3) is 0.250. The van der Waals surface area contributed by atoms with Crippen LogP contribution in [-0.4, -0.2) is 47.9 Å². The summed E-state index contributed by atoms with van der Waals surface area (Å²) in [5.74, 6) is -0.729. The van der Waals surface area contributed by atoms with E-state index in [1.165, 1.54) is 13.2 Å². The van der Waals surface area contributed by atoms with Crippen LogP contribution in [-0.2, 0) is 11.3 Å². The van der Waals surface area contributed by atoms with Crippen molar-refractivity contribution in [1.82, 2.24) is 10.2 Å². The first-order valence-corrected chi connectivity index (χ1v) is 9.31. The number of amides is 4. The van der Waals surface area contributed by atoms with Gasteiger partial charge in [-0.25, -0.2) is 4.79 Å². The zero-order chi connectivity index (χ0) is 22.5. The molecule has 0 radical (unpaired) electrons. The SMILES string of the molecule is CCOc1cc(C(=O)Nc2cccc(CN3C(=O)CNC3=O)c2)c([N+](=O)[O-])cc1OC. The highest BCUT2D eigenvalue weighted by molar-refractivity contribution is 6.07.